The number of benzene rings is 1. The molecule has 2 N–H and O–H groups in total. The standard InChI is InChI=1S/C13H16N4O2/c1-9(16-10(2)12-7-14-15-8-12)11-4-3-5-13(6-11)17(18)19/h3-10,16H,1-2H3,(H,14,15). The first-order valence-corrected chi connectivity index (χ1v) is 6.07. The molecule has 1 heterocycles. The van der Waals surface area contributed by atoms with E-state index in [-0.39, 0.29) is 22.7 Å². The van der Waals surface area contributed by atoms with Gasteiger partial charge in [-0.3, -0.25) is 15.2 Å². The summed E-state index contributed by atoms with van der Waals surface area (Å²) < 4.78 is 0. The maximum absolute atomic E-state index is 10.8. The maximum Gasteiger partial charge on any atom is 0.269 e. The Morgan fingerprint density at radius 1 is 1.32 bits per heavy atom. The highest BCUT2D eigenvalue weighted by Gasteiger charge is 2.14. The molecule has 0 spiro atoms. The Labute approximate surface area is 111 Å². The van der Waals surface area contributed by atoms with Crippen LogP contribution in [0.3, 0.4) is 0 Å². The molecule has 1 aromatic heterocycles. The number of rotatable bonds is 5. The van der Waals surface area contributed by atoms with Crippen LogP contribution in [0.4, 0.5) is 5.69 Å². The van der Waals surface area contributed by atoms with Gasteiger partial charge in [-0.1, -0.05) is 12.1 Å². The average Bonchev–Trinajstić information content (AvgIpc) is 2.92. The Kier molecular flexibility index (Phi) is 3.91. The second kappa shape index (κ2) is 5.62. The minimum absolute atomic E-state index is 0.0183. The van der Waals surface area contributed by atoms with E-state index in [4.69, 9.17) is 0 Å². The average molecular weight is 260 g/mol. The molecule has 1 aromatic carbocycles. The van der Waals surface area contributed by atoms with E-state index in [1.165, 1.54) is 6.07 Å². The third-order valence-corrected chi connectivity index (χ3v) is 3.10. The third kappa shape index (κ3) is 3.17. The van der Waals surface area contributed by atoms with Crippen LogP contribution in [0.1, 0.15) is 37.1 Å². The van der Waals surface area contributed by atoms with E-state index < -0.39 is 0 Å². The van der Waals surface area contributed by atoms with Crippen LogP contribution in [-0.2, 0) is 0 Å². The molecule has 2 aromatic rings. The van der Waals surface area contributed by atoms with Gasteiger partial charge in [0.1, 0.15) is 0 Å². The van der Waals surface area contributed by atoms with Crippen molar-refractivity contribution in [2.24, 2.45) is 0 Å². The summed E-state index contributed by atoms with van der Waals surface area (Å²) in [4.78, 5) is 10.4. The van der Waals surface area contributed by atoms with Crippen molar-refractivity contribution in [3.8, 4) is 0 Å². The lowest BCUT2D eigenvalue weighted by Crippen LogP contribution is -2.22. The van der Waals surface area contributed by atoms with Gasteiger partial charge in [-0.05, 0) is 19.4 Å². The summed E-state index contributed by atoms with van der Waals surface area (Å²) in [5, 5.41) is 20.8. The van der Waals surface area contributed by atoms with Crippen LogP contribution in [-0.4, -0.2) is 15.1 Å². The first-order valence-electron chi connectivity index (χ1n) is 6.07. The van der Waals surface area contributed by atoms with Crippen LogP contribution >= 0.6 is 0 Å². The summed E-state index contributed by atoms with van der Waals surface area (Å²) in [5.74, 6) is 0. The third-order valence-electron chi connectivity index (χ3n) is 3.10. The molecule has 2 atom stereocenters. The number of non-ortho nitro benzene ring substituents is 1. The van der Waals surface area contributed by atoms with Gasteiger partial charge in [-0.15, -0.1) is 0 Å². The predicted molar refractivity (Wildman–Crippen MR) is 71.6 cm³/mol. The predicted octanol–water partition coefficient (Wildman–Crippen LogP) is 2.73. The zero-order chi connectivity index (χ0) is 13.8. The van der Waals surface area contributed by atoms with Crippen molar-refractivity contribution in [1.29, 1.82) is 0 Å². The quantitative estimate of drug-likeness (QED) is 0.639. The Bertz CT molecular complexity index is 554. The second-order valence-electron chi connectivity index (χ2n) is 4.49. The van der Waals surface area contributed by atoms with Gasteiger partial charge in [0.15, 0.2) is 0 Å². The molecule has 0 bridgehead atoms. The first kappa shape index (κ1) is 13.2. The number of hydrogen-bond acceptors (Lipinski definition) is 4. The molecule has 0 fully saturated rings. The van der Waals surface area contributed by atoms with Crippen LogP contribution in [0.15, 0.2) is 36.7 Å². The van der Waals surface area contributed by atoms with E-state index in [2.05, 4.69) is 15.5 Å². The van der Waals surface area contributed by atoms with Crippen LogP contribution in [0.5, 0.6) is 0 Å². The molecule has 6 nitrogen and oxygen atoms in total. The Balaban J connectivity index is 2.09. The fraction of sp³-hybridized carbons (Fsp3) is 0.308. The highest BCUT2D eigenvalue weighted by Crippen LogP contribution is 2.22. The van der Waals surface area contributed by atoms with Crippen molar-refractivity contribution in [2.75, 3.05) is 0 Å². The number of aromatic nitrogens is 2. The van der Waals surface area contributed by atoms with Gasteiger partial charge in [0.2, 0.25) is 0 Å². The minimum Gasteiger partial charge on any atom is -0.304 e. The molecule has 100 valence electrons. The zero-order valence-corrected chi connectivity index (χ0v) is 10.8. The molecule has 6 heteroatoms. The molecular weight excluding hydrogens is 244 g/mol. The van der Waals surface area contributed by atoms with E-state index in [1.807, 2.05) is 26.1 Å². The van der Waals surface area contributed by atoms with Crippen LogP contribution in [0.2, 0.25) is 0 Å². The largest absolute Gasteiger partial charge is 0.304 e. The first-order chi connectivity index (χ1) is 9.08. The number of nitro benzene ring substituents is 1. The van der Waals surface area contributed by atoms with E-state index in [0.29, 0.717) is 0 Å². The Morgan fingerprint density at radius 3 is 2.68 bits per heavy atom. The molecule has 0 aliphatic heterocycles. The Morgan fingerprint density at radius 2 is 2.05 bits per heavy atom. The number of aromatic amines is 1. The van der Waals surface area contributed by atoms with Gasteiger partial charge >= 0.3 is 0 Å². The van der Waals surface area contributed by atoms with Crippen LogP contribution in [0.25, 0.3) is 0 Å². The van der Waals surface area contributed by atoms with Crippen molar-refractivity contribution < 1.29 is 4.92 Å². The molecule has 0 aliphatic rings. The van der Waals surface area contributed by atoms with Crippen molar-refractivity contribution >= 4 is 5.69 Å². The van der Waals surface area contributed by atoms with Gasteiger partial charge in [0, 0.05) is 36.0 Å². The molecule has 0 radical (unpaired) electrons. The topological polar surface area (TPSA) is 83.8 Å². The summed E-state index contributed by atoms with van der Waals surface area (Å²) in [6, 6.07) is 6.81. The molecule has 0 saturated carbocycles. The normalized spacial score (nSPS) is 14.0. The fourth-order valence-corrected chi connectivity index (χ4v) is 1.97. The lowest BCUT2D eigenvalue weighted by molar-refractivity contribution is -0.384. The highest BCUT2D eigenvalue weighted by molar-refractivity contribution is 5.35. The molecule has 19 heavy (non-hydrogen) atoms. The van der Waals surface area contributed by atoms with Crippen molar-refractivity contribution in [1.82, 2.24) is 15.5 Å². The van der Waals surface area contributed by atoms with Gasteiger partial charge < -0.3 is 5.32 Å². The molecule has 2 unspecified atom stereocenters. The summed E-state index contributed by atoms with van der Waals surface area (Å²) in [6.45, 7) is 4.01. The Hall–Kier alpha value is -2.21. The van der Waals surface area contributed by atoms with E-state index in [1.54, 1.807) is 18.3 Å². The van der Waals surface area contributed by atoms with Crippen LogP contribution < -0.4 is 5.32 Å². The van der Waals surface area contributed by atoms with E-state index in [0.717, 1.165) is 11.1 Å². The van der Waals surface area contributed by atoms with E-state index in [9.17, 15) is 10.1 Å². The molecule has 0 saturated heterocycles. The van der Waals surface area contributed by atoms with Gasteiger partial charge in [0.05, 0.1) is 11.1 Å². The van der Waals surface area contributed by atoms with Crippen molar-refractivity contribution in [2.45, 2.75) is 25.9 Å². The summed E-state index contributed by atoms with van der Waals surface area (Å²) in [7, 11) is 0. The fourth-order valence-electron chi connectivity index (χ4n) is 1.97. The number of hydrogen-bond donors (Lipinski definition) is 2. The van der Waals surface area contributed by atoms with Crippen molar-refractivity contribution in [3.05, 3.63) is 57.9 Å². The molecule has 0 aliphatic carbocycles. The number of nitrogens with zero attached hydrogens (tertiary/aromatic N) is 2. The monoisotopic (exact) mass is 260 g/mol. The number of nitro groups is 1. The summed E-state index contributed by atoms with van der Waals surface area (Å²) in [5.41, 5.74) is 2.06. The summed E-state index contributed by atoms with van der Waals surface area (Å²) in [6.07, 6.45) is 3.59. The minimum atomic E-state index is -0.379. The number of nitrogens with one attached hydrogen (secondary N) is 2. The van der Waals surface area contributed by atoms with Gasteiger partial charge in [-0.2, -0.15) is 5.10 Å². The highest BCUT2D eigenvalue weighted by atomic mass is 16.6. The lowest BCUT2D eigenvalue weighted by Gasteiger charge is -2.19. The SMILES string of the molecule is CC(NC(C)c1cccc([N+](=O)[O-])c1)c1cn[nH]c1. The molecular formula is C13H16N4O2. The smallest absolute Gasteiger partial charge is 0.269 e. The van der Waals surface area contributed by atoms with Gasteiger partial charge in [-0.25, -0.2) is 0 Å². The molecule has 2 rings (SSSR count). The second-order valence-corrected chi connectivity index (χ2v) is 4.49. The lowest BCUT2D eigenvalue weighted by atomic mass is 10.1. The van der Waals surface area contributed by atoms with Crippen LogP contribution in [0, 0.1) is 10.1 Å². The zero-order valence-electron chi connectivity index (χ0n) is 10.8. The number of H-pyrrole nitrogens is 1. The maximum atomic E-state index is 10.8. The van der Waals surface area contributed by atoms with Gasteiger partial charge in [0.25, 0.3) is 5.69 Å². The van der Waals surface area contributed by atoms with Crippen molar-refractivity contribution in [3.63, 3.8) is 0 Å². The van der Waals surface area contributed by atoms with E-state index >= 15 is 0 Å². The molecule has 0 amide bonds. The summed E-state index contributed by atoms with van der Waals surface area (Å²) >= 11 is 0.